The van der Waals surface area contributed by atoms with Crippen molar-refractivity contribution < 1.29 is 32.9 Å². The van der Waals surface area contributed by atoms with Crippen LogP contribution in [0.25, 0.3) is 0 Å². The molecule has 0 spiro atoms. The molecular weight excluding hydrogens is 768 g/mol. The van der Waals surface area contributed by atoms with E-state index >= 15 is 0 Å². The molecule has 0 aromatic heterocycles. The number of rotatable bonds is 48. The van der Waals surface area contributed by atoms with Gasteiger partial charge in [-0.05, 0) is 19.3 Å². The first-order chi connectivity index (χ1) is 29.0. The number of nitrogens with one attached hydrogen (secondary N) is 1. The smallest absolute Gasteiger partial charge is 0.268 e. The zero-order valence-electron chi connectivity index (χ0n) is 40.7. The van der Waals surface area contributed by atoms with Crippen molar-refractivity contribution in [3.8, 4) is 0 Å². The molecule has 0 fully saturated rings. The molecule has 60 heavy (non-hydrogen) atoms. The molecule has 0 aromatic carbocycles. The number of aliphatic hydroxyl groups is 1. The summed E-state index contributed by atoms with van der Waals surface area (Å²) in [6.07, 6.45) is 51.3. The van der Waals surface area contributed by atoms with Crippen molar-refractivity contribution in [3.63, 3.8) is 0 Å². The second kappa shape index (κ2) is 43.5. The minimum absolute atomic E-state index is 0.00240. The van der Waals surface area contributed by atoms with Crippen molar-refractivity contribution in [1.29, 1.82) is 0 Å². The minimum Gasteiger partial charge on any atom is -0.756 e. The summed E-state index contributed by atoms with van der Waals surface area (Å²) < 4.78 is 23.3. The van der Waals surface area contributed by atoms with Crippen molar-refractivity contribution in [2.24, 2.45) is 0 Å². The lowest BCUT2D eigenvalue weighted by molar-refractivity contribution is -0.870. The van der Waals surface area contributed by atoms with Gasteiger partial charge < -0.3 is 28.8 Å². The molecule has 358 valence electrons. The van der Waals surface area contributed by atoms with Gasteiger partial charge in [0.25, 0.3) is 7.82 Å². The van der Waals surface area contributed by atoms with Gasteiger partial charge in [-0.25, -0.2) is 0 Å². The lowest BCUT2D eigenvalue weighted by atomic mass is 10.0. The summed E-state index contributed by atoms with van der Waals surface area (Å²) >= 11 is 0. The maximum atomic E-state index is 12.9. The standard InChI is InChI=1S/C51H103N2O6P/c1-6-8-10-12-14-16-18-20-22-23-24-25-26-27-28-29-30-31-32-34-36-38-40-42-44-50(54)49(48-59-60(56,57)58-47-46-53(3,4)5)52-51(55)45-43-41-39-37-35-33-21-19-17-15-13-11-9-7-2/h42,44,49-50,54H,6-41,43,45-48H2,1-5H3,(H-,52,55,56,57)/b44-42+. The first-order valence-electron chi connectivity index (χ1n) is 26.1. The van der Waals surface area contributed by atoms with Crippen molar-refractivity contribution in [2.45, 2.75) is 270 Å². The van der Waals surface area contributed by atoms with Gasteiger partial charge in [-0.1, -0.05) is 244 Å². The first-order valence-corrected chi connectivity index (χ1v) is 27.5. The van der Waals surface area contributed by atoms with E-state index in [1.807, 2.05) is 27.2 Å². The fourth-order valence-corrected chi connectivity index (χ4v) is 8.58. The summed E-state index contributed by atoms with van der Waals surface area (Å²) in [5.41, 5.74) is 0. The number of amides is 1. The molecule has 0 heterocycles. The molecule has 9 heteroatoms. The first kappa shape index (κ1) is 59.2. The number of hydrogen-bond donors (Lipinski definition) is 2. The Balaban J connectivity index is 4.22. The number of quaternary nitrogens is 1. The molecule has 3 unspecified atom stereocenters. The molecule has 0 saturated heterocycles. The summed E-state index contributed by atoms with van der Waals surface area (Å²) in [4.78, 5) is 25.4. The molecular formula is C51H103N2O6P. The van der Waals surface area contributed by atoms with E-state index in [2.05, 4.69) is 19.2 Å². The van der Waals surface area contributed by atoms with Crippen LogP contribution in [0.3, 0.4) is 0 Å². The second-order valence-corrected chi connectivity index (χ2v) is 20.7. The number of carbonyl (C=O) groups is 1. The monoisotopic (exact) mass is 871 g/mol. The number of hydrogen-bond acceptors (Lipinski definition) is 6. The highest BCUT2D eigenvalue weighted by molar-refractivity contribution is 7.45. The molecule has 1 amide bonds. The van der Waals surface area contributed by atoms with Gasteiger partial charge in [0, 0.05) is 6.42 Å². The average molecular weight is 871 g/mol. The Hall–Kier alpha value is -0.760. The molecule has 8 nitrogen and oxygen atoms in total. The third-order valence-corrected chi connectivity index (χ3v) is 13.0. The lowest BCUT2D eigenvalue weighted by Gasteiger charge is -2.29. The fraction of sp³-hybridized carbons (Fsp3) is 0.941. The molecule has 0 aliphatic rings. The number of aliphatic hydroxyl groups excluding tert-OH is 1. The van der Waals surface area contributed by atoms with Crippen LogP contribution in [0.5, 0.6) is 0 Å². The largest absolute Gasteiger partial charge is 0.756 e. The molecule has 0 bridgehead atoms. The van der Waals surface area contributed by atoms with Gasteiger partial charge in [0.2, 0.25) is 5.91 Å². The van der Waals surface area contributed by atoms with Crippen LogP contribution >= 0.6 is 7.82 Å². The highest BCUT2D eigenvalue weighted by atomic mass is 31.2. The molecule has 0 aromatic rings. The predicted molar refractivity (Wildman–Crippen MR) is 256 cm³/mol. The topological polar surface area (TPSA) is 108 Å². The zero-order valence-corrected chi connectivity index (χ0v) is 41.6. The average Bonchev–Trinajstić information content (AvgIpc) is 3.20. The van der Waals surface area contributed by atoms with E-state index < -0.39 is 20.0 Å². The fourth-order valence-electron chi connectivity index (χ4n) is 7.86. The minimum atomic E-state index is -4.59. The number of nitrogens with zero attached hydrogens (tertiary/aromatic N) is 1. The van der Waals surface area contributed by atoms with Crippen LogP contribution in [0.4, 0.5) is 0 Å². The molecule has 2 N–H and O–H groups in total. The van der Waals surface area contributed by atoms with Gasteiger partial charge in [-0.3, -0.25) is 9.36 Å². The van der Waals surface area contributed by atoms with E-state index in [1.165, 1.54) is 199 Å². The Bertz CT molecular complexity index is 989. The van der Waals surface area contributed by atoms with Gasteiger partial charge in [0.1, 0.15) is 13.2 Å². The van der Waals surface area contributed by atoms with E-state index in [-0.39, 0.29) is 19.1 Å². The van der Waals surface area contributed by atoms with Crippen molar-refractivity contribution in [2.75, 3.05) is 40.9 Å². The number of allylic oxidation sites excluding steroid dienone is 1. The Morgan fingerprint density at radius 3 is 1.25 bits per heavy atom. The quantitative estimate of drug-likeness (QED) is 0.0273. The van der Waals surface area contributed by atoms with Gasteiger partial charge in [0.05, 0.1) is 39.9 Å². The molecule has 0 radical (unpaired) electrons. The van der Waals surface area contributed by atoms with Crippen molar-refractivity contribution in [3.05, 3.63) is 12.2 Å². The summed E-state index contributed by atoms with van der Waals surface area (Å²) in [6.45, 7) is 4.68. The Labute approximate surface area is 373 Å². The Morgan fingerprint density at radius 2 is 0.900 bits per heavy atom. The summed E-state index contributed by atoms with van der Waals surface area (Å²) in [5, 5.41) is 13.8. The Kier molecular flexibility index (Phi) is 42.9. The van der Waals surface area contributed by atoms with Crippen LogP contribution in [0.15, 0.2) is 12.2 Å². The van der Waals surface area contributed by atoms with Gasteiger partial charge in [-0.15, -0.1) is 0 Å². The Morgan fingerprint density at radius 1 is 0.567 bits per heavy atom. The van der Waals surface area contributed by atoms with Gasteiger partial charge >= 0.3 is 0 Å². The van der Waals surface area contributed by atoms with Crippen molar-refractivity contribution >= 4 is 13.7 Å². The van der Waals surface area contributed by atoms with E-state index in [4.69, 9.17) is 9.05 Å². The van der Waals surface area contributed by atoms with Crippen LogP contribution in [0.2, 0.25) is 0 Å². The van der Waals surface area contributed by atoms with E-state index in [0.717, 1.165) is 38.5 Å². The van der Waals surface area contributed by atoms with Crippen LogP contribution in [0.1, 0.15) is 258 Å². The summed E-state index contributed by atoms with van der Waals surface area (Å²) in [5.74, 6) is -0.193. The third kappa shape index (κ3) is 45.3. The van der Waals surface area contributed by atoms with Crippen LogP contribution < -0.4 is 10.2 Å². The van der Waals surface area contributed by atoms with E-state index in [0.29, 0.717) is 17.4 Å². The lowest BCUT2D eigenvalue weighted by Crippen LogP contribution is -2.45. The number of likely N-dealkylation sites (N-methyl/N-ethyl adjacent to an activating group) is 1. The number of phosphoric acid groups is 1. The van der Waals surface area contributed by atoms with Crippen LogP contribution in [-0.2, 0) is 18.4 Å². The molecule has 0 saturated carbocycles. The SMILES string of the molecule is CCCCCCCCCCCCCCCCCCCCCCCC/C=C/C(O)C(COP(=O)([O-])OCC[N+](C)(C)C)NC(=O)CCCCCCCCCCCCCCCC. The number of carbonyl (C=O) groups excluding carboxylic acids is 1. The number of phosphoric ester groups is 1. The van der Waals surface area contributed by atoms with Gasteiger partial charge in [0.15, 0.2) is 0 Å². The van der Waals surface area contributed by atoms with E-state index in [9.17, 15) is 19.4 Å². The molecule has 0 aliphatic carbocycles. The predicted octanol–water partition coefficient (Wildman–Crippen LogP) is 14.5. The van der Waals surface area contributed by atoms with E-state index in [1.54, 1.807) is 6.08 Å². The third-order valence-electron chi connectivity index (χ3n) is 12.0. The van der Waals surface area contributed by atoms with Gasteiger partial charge in [-0.2, -0.15) is 0 Å². The van der Waals surface area contributed by atoms with Crippen LogP contribution in [0, 0.1) is 0 Å². The van der Waals surface area contributed by atoms with Crippen LogP contribution in [-0.4, -0.2) is 68.5 Å². The van der Waals surface area contributed by atoms with Crippen molar-refractivity contribution in [1.82, 2.24) is 5.32 Å². The number of unbranched alkanes of at least 4 members (excludes halogenated alkanes) is 35. The maximum absolute atomic E-state index is 12.9. The molecule has 0 aliphatic heterocycles. The summed E-state index contributed by atoms with van der Waals surface area (Å²) in [7, 11) is 1.27. The maximum Gasteiger partial charge on any atom is 0.268 e. The normalized spacial score (nSPS) is 14.2. The summed E-state index contributed by atoms with van der Waals surface area (Å²) in [6, 6.07) is -0.880. The highest BCUT2D eigenvalue weighted by Crippen LogP contribution is 2.38. The second-order valence-electron chi connectivity index (χ2n) is 19.2. The highest BCUT2D eigenvalue weighted by Gasteiger charge is 2.23. The molecule has 0 rings (SSSR count). The zero-order chi connectivity index (χ0) is 44.3. The molecule has 3 atom stereocenters.